The highest BCUT2D eigenvalue weighted by molar-refractivity contribution is 7.99. The Balaban J connectivity index is 2.15. The molecule has 0 spiro atoms. The number of hydrogen-bond donors (Lipinski definition) is 2. The minimum atomic E-state index is -3.46. The molecule has 19 heavy (non-hydrogen) atoms. The van der Waals surface area contributed by atoms with Gasteiger partial charge in [0, 0.05) is 17.8 Å². The molecular formula is C13H20N2O2S2. The van der Waals surface area contributed by atoms with Gasteiger partial charge in [-0.25, -0.2) is 13.1 Å². The fraction of sp³-hybridized carbons (Fsp3) is 0.538. The van der Waals surface area contributed by atoms with E-state index in [2.05, 4.69) is 11.0 Å². The Morgan fingerprint density at radius 2 is 2.11 bits per heavy atom. The lowest BCUT2D eigenvalue weighted by Gasteiger charge is -2.15. The van der Waals surface area contributed by atoms with Crippen molar-refractivity contribution in [3.8, 4) is 0 Å². The van der Waals surface area contributed by atoms with Crippen LogP contribution in [0.15, 0.2) is 29.2 Å². The first-order valence-electron chi connectivity index (χ1n) is 6.40. The van der Waals surface area contributed by atoms with Gasteiger partial charge in [-0.1, -0.05) is 18.2 Å². The van der Waals surface area contributed by atoms with E-state index in [1.807, 2.05) is 11.8 Å². The molecule has 1 saturated carbocycles. The van der Waals surface area contributed by atoms with Crippen molar-refractivity contribution in [3.05, 3.63) is 29.8 Å². The summed E-state index contributed by atoms with van der Waals surface area (Å²) >= 11 is 1.81. The fourth-order valence-electron chi connectivity index (χ4n) is 2.48. The summed E-state index contributed by atoms with van der Waals surface area (Å²) in [6, 6.07) is 6.96. The van der Waals surface area contributed by atoms with Gasteiger partial charge in [0.05, 0.1) is 4.90 Å². The van der Waals surface area contributed by atoms with E-state index < -0.39 is 10.0 Å². The van der Waals surface area contributed by atoms with Crippen LogP contribution in [0.1, 0.15) is 24.8 Å². The standard InChI is InChI=1S/C13H20N2O2S2/c1-18-12-7-6-11(8-12)15-19(16,17)13-5-3-2-4-10(13)9-14/h2-5,11-12,15H,6-9,14H2,1H3. The van der Waals surface area contributed by atoms with Gasteiger partial charge in [0.1, 0.15) is 0 Å². The number of nitrogens with two attached hydrogens (primary N) is 1. The summed E-state index contributed by atoms with van der Waals surface area (Å²) in [5, 5.41) is 0.567. The van der Waals surface area contributed by atoms with Gasteiger partial charge < -0.3 is 5.73 Å². The van der Waals surface area contributed by atoms with Gasteiger partial charge >= 0.3 is 0 Å². The Kier molecular flexibility index (Phi) is 4.89. The van der Waals surface area contributed by atoms with Gasteiger partial charge in [-0.15, -0.1) is 0 Å². The molecule has 2 rings (SSSR count). The minimum Gasteiger partial charge on any atom is -0.326 e. The van der Waals surface area contributed by atoms with Crippen molar-refractivity contribution >= 4 is 21.8 Å². The predicted molar refractivity (Wildman–Crippen MR) is 79.6 cm³/mol. The Morgan fingerprint density at radius 1 is 1.37 bits per heavy atom. The lowest BCUT2D eigenvalue weighted by Crippen LogP contribution is -2.33. The minimum absolute atomic E-state index is 0.0493. The molecule has 1 aromatic carbocycles. The molecule has 0 radical (unpaired) electrons. The summed E-state index contributed by atoms with van der Waals surface area (Å²) in [7, 11) is -3.46. The second-order valence-corrected chi connectivity index (χ2v) is 7.62. The SMILES string of the molecule is CSC1CCC(NS(=O)(=O)c2ccccc2CN)C1. The Hall–Kier alpha value is -0.560. The van der Waals surface area contributed by atoms with Gasteiger partial charge in [0.25, 0.3) is 0 Å². The van der Waals surface area contributed by atoms with Crippen molar-refractivity contribution in [2.75, 3.05) is 6.26 Å². The fourth-order valence-corrected chi connectivity index (χ4v) is 4.81. The zero-order valence-corrected chi connectivity index (χ0v) is 12.6. The van der Waals surface area contributed by atoms with E-state index in [0.29, 0.717) is 15.7 Å². The number of nitrogens with one attached hydrogen (secondary N) is 1. The van der Waals surface area contributed by atoms with Crippen molar-refractivity contribution in [3.63, 3.8) is 0 Å². The maximum absolute atomic E-state index is 12.4. The van der Waals surface area contributed by atoms with Crippen LogP contribution in [0.2, 0.25) is 0 Å². The number of thioether (sulfide) groups is 1. The molecule has 106 valence electrons. The smallest absolute Gasteiger partial charge is 0.241 e. The van der Waals surface area contributed by atoms with Crippen LogP contribution in [0.5, 0.6) is 0 Å². The Morgan fingerprint density at radius 3 is 2.74 bits per heavy atom. The quantitative estimate of drug-likeness (QED) is 0.868. The summed E-state index contributed by atoms with van der Waals surface area (Å²) in [5.74, 6) is 0. The molecule has 6 heteroatoms. The van der Waals surface area contributed by atoms with Gasteiger partial charge in [-0.05, 0) is 37.1 Å². The maximum atomic E-state index is 12.4. The number of benzene rings is 1. The van der Waals surface area contributed by atoms with Crippen LogP contribution in [-0.2, 0) is 16.6 Å². The van der Waals surface area contributed by atoms with Gasteiger partial charge in [-0.2, -0.15) is 11.8 Å². The van der Waals surface area contributed by atoms with Crippen molar-refractivity contribution in [2.45, 2.75) is 42.0 Å². The highest BCUT2D eigenvalue weighted by Crippen LogP contribution is 2.29. The zero-order chi connectivity index (χ0) is 13.9. The van der Waals surface area contributed by atoms with Crippen LogP contribution in [0.4, 0.5) is 0 Å². The van der Waals surface area contributed by atoms with Gasteiger partial charge in [0.15, 0.2) is 0 Å². The van der Waals surface area contributed by atoms with Crippen LogP contribution in [0, 0.1) is 0 Å². The lowest BCUT2D eigenvalue weighted by molar-refractivity contribution is 0.551. The molecule has 0 saturated heterocycles. The molecule has 1 aliphatic carbocycles. The molecule has 0 aromatic heterocycles. The first-order chi connectivity index (χ1) is 9.06. The van der Waals surface area contributed by atoms with Crippen molar-refractivity contribution in [2.24, 2.45) is 5.73 Å². The number of hydrogen-bond acceptors (Lipinski definition) is 4. The molecule has 0 amide bonds. The van der Waals surface area contributed by atoms with E-state index >= 15 is 0 Å². The lowest BCUT2D eigenvalue weighted by atomic mass is 10.2. The van der Waals surface area contributed by atoms with Gasteiger partial charge in [-0.3, -0.25) is 0 Å². The molecule has 2 unspecified atom stereocenters. The van der Waals surface area contributed by atoms with E-state index in [4.69, 9.17) is 5.73 Å². The van der Waals surface area contributed by atoms with Crippen LogP contribution in [0.3, 0.4) is 0 Å². The molecular weight excluding hydrogens is 280 g/mol. The Bertz CT molecular complexity index is 531. The molecule has 1 aromatic rings. The molecule has 4 nitrogen and oxygen atoms in total. The van der Waals surface area contributed by atoms with E-state index in [-0.39, 0.29) is 12.6 Å². The van der Waals surface area contributed by atoms with E-state index in [1.165, 1.54) is 0 Å². The molecule has 1 aliphatic rings. The van der Waals surface area contributed by atoms with Gasteiger partial charge in [0.2, 0.25) is 10.0 Å². The average Bonchev–Trinajstić information content (AvgIpc) is 2.85. The molecule has 2 atom stereocenters. The molecule has 0 heterocycles. The third kappa shape index (κ3) is 3.51. The molecule has 0 aliphatic heterocycles. The van der Waals surface area contributed by atoms with E-state index in [0.717, 1.165) is 19.3 Å². The largest absolute Gasteiger partial charge is 0.326 e. The second kappa shape index (κ2) is 6.26. The number of sulfonamides is 1. The third-order valence-corrected chi connectivity index (χ3v) is 6.24. The van der Waals surface area contributed by atoms with Crippen molar-refractivity contribution < 1.29 is 8.42 Å². The summed E-state index contributed by atoms with van der Waals surface area (Å²) in [5.41, 5.74) is 6.27. The maximum Gasteiger partial charge on any atom is 0.241 e. The first kappa shape index (κ1) is 14.8. The highest BCUT2D eigenvalue weighted by Gasteiger charge is 2.28. The number of rotatable bonds is 5. The Labute approximate surface area is 119 Å². The topological polar surface area (TPSA) is 72.2 Å². The first-order valence-corrected chi connectivity index (χ1v) is 9.17. The summed E-state index contributed by atoms with van der Waals surface area (Å²) in [6.45, 7) is 0.231. The second-order valence-electron chi connectivity index (χ2n) is 4.80. The van der Waals surface area contributed by atoms with Crippen LogP contribution in [-0.4, -0.2) is 26.0 Å². The summed E-state index contributed by atoms with van der Waals surface area (Å²) < 4.78 is 27.6. The van der Waals surface area contributed by atoms with E-state index in [1.54, 1.807) is 24.3 Å². The highest BCUT2D eigenvalue weighted by atomic mass is 32.2. The van der Waals surface area contributed by atoms with Crippen LogP contribution >= 0.6 is 11.8 Å². The molecule has 3 N–H and O–H groups in total. The average molecular weight is 300 g/mol. The predicted octanol–water partition coefficient (Wildman–Crippen LogP) is 1.71. The summed E-state index contributed by atoms with van der Waals surface area (Å²) in [6.07, 6.45) is 4.97. The molecule has 0 bridgehead atoms. The van der Waals surface area contributed by atoms with Crippen LogP contribution < -0.4 is 10.5 Å². The van der Waals surface area contributed by atoms with Crippen LogP contribution in [0.25, 0.3) is 0 Å². The monoisotopic (exact) mass is 300 g/mol. The van der Waals surface area contributed by atoms with Crippen molar-refractivity contribution in [1.29, 1.82) is 0 Å². The normalized spacial score (nSPS) is 23.7. The van der Waals surface area contributed by atoms with E-state index in [9.17, 15) is 8.42 Å². The van der Waals surface area contributed by atoms with Crippen molar-refractivity contribution in [1.82, 2.24) is 4.72 Å². The summed E-state index contributed by atoms with van der Waals surface area (Å²) in [4.78, 5) is 0.310. The third-order valence-electron chi connectivity index (χ3n) is 3.52. The zero-order valence-electron chi connectivity index (χ0n) is 11.0. The molecule has 1 fully saturated rings.